The Morgan fingerprint density at radius 3 is 2.71 bits per heavy atom. The molecule has 1 aromatic carbocycles. The number of carbonyl (C=O) groups excluding carboxylic acids is 2. The SMILES string of the molecule is C=C(/C=C\C(=C)OC(F)(F)F)Nc1ncnc(-c2cccc(C(=O)N3CCCC(C(N)=O)C3)c2)n1. The molecular weight excluding hydrogens is 465 g/mol. The number of halogens is 3. The van der Waals surface area contributed by atoms with E-state index in [1.807, 2.05) is 0 Å². The van der Waals surface area contributed by atoms with Crippen LogP contribution in [0.4, 0.5) is 19.1 Å². The molecule has 0 spiro atoms. The number of ether oxygens (including phenoxy) is 1. The van der Waals surface area contributed by atoms with E-state index in [-0.39, 0.29) is 35.8 Å². The Morgan fingerprint density at radius 1 is 1.23 bits per heavy atom. The van der Waals surface area contributed by atoms with E-state index in [1.54, 1.807) is 29.2 Å². The van der Waals surface area contributed by atoms with E-state index in [0.29, 0.717) is 30.5 Å². The number of amides is 2. The molecule has 0 saturated carbocycles. The number of rotatable bonds is 8. The largest absolute Gasteiger partial charge is 0.573 e. The predicted molar refractivity (Wildman–Crippen MR) is 121 cm³/mol. The molecule has 0 aliphatic carbocycles. The number of nitrogens with one attached hydrogen (secondary N) is 1. The van der Waals surface area contributed by atoms with E-state index in [4.69, 9.17) is 5.73 Å². The van der Waals surface area contributed by atoms with Gasteiger partial charge >= 0.3 is 6.36 Å². The lowest BCUT2D eigenvalue weighted by Crippen LogP contribution is -2.44. The van der Waals surface area contributed by atoms with E-state index in [2.05, 4.69) is 38.2 Å². The van der Waals surface area contributed by atoms with Crippen molar-refractivity contribution in [3.63, 3.8) is 0 Å². The minimum absolute atomic E-state index is 0.0871. The molecule has 184 valence electrons. The van der Waals surface area contributed by atoms with Gasteiger partial charge in [0.2, 0.25) is 11.9 Å². The number of likely N-dealkylation sites (tertiary alicyclic amines) is 1. The molecule has 1 aliphatic heterocycles. The van der Waals surface area contributed by atoms with Gasteiger partial charge in [-0.15, -0.1) is 13.2 Å². The smallest absolute Gasteiger partial charge is 0.406 e. The van der Waals surface area contributed by atoms with Crippen molar-refractivity contribution in [3.8, 4) is 11.4 Å². The fourth-order valence-electron chi connectivity index (χ4n) is 3.42. The zero-order chi connectivity index (χ0) is 25.6. The van der Waals surface area contributed by atoms with E-state index in [1.165, 1.54) is 12.4 Å². The van der Waals surface area contributed by atoms with Gasteiger partial charge in [0.05, 0.1) is 5.92 Å². The quantitative estimate of drug-likeness (QED) is 0.431. The number of nitrogens with two attached hydrogens (primary N) is 1. The third-order valence-electron chi connectivity index (χ3n) is 5.04. The van der Waals surface area contributed by atoms with Crippen molar-refractivity contribution >= 4 is 17.8 Å². The number of nitrogens with zero attached hydrogens (tertiary/aromatic N) is 4. The second kappa shape index (κ2) is 10.8. The lowest BCUT2D eigenvalue weighted by Gasteiger charge is -2.31. The molecule has 1 aliphatic rings. The van der Waals surface area contributed by atoms with Crippen LogP contribution in [0.25, 0.3) is 11.4 Å². The molecule has 2 aromatic rings. The van der Waals surface area contributed by atoms with Crippen molar-refractivity contribution in [2.45, 2.75) is 19.2 Å². The van der Waals surface area contributed by atoms with Crippen molar-refractivity contribution in [2.75, 3.05) is 18.4 Å². The summed E-state index contributed by atoms with van der Waals surface area (Å²) < 4.78 is 40.2. The zero-order valence-electron chi connectivity index (χ0n) is 18.6. The van der Waals surface area contributed by atoms with Gasteiger partial charge in [-0.2, -0.15) is 4.98 Å². The Bertz CT molecular complexity index is 1170. The molecule has 35 heavy (non-hydrogen) atoms. The first-order valence-electron chi connectivity index (χ1n) is 10.5. The van der Waals surface area contributed by atoms with Crippen molar-refractivity contribution in [1.29, 1.82) is 0 Å². The first-order valence-corrected chi connectivity index (χ1v) is 10.5. The van der Waals surface area contributed by atoms with Crippen LogP contribution in [0.15, 0.2) is 67.4 Å². The number of anilines is 1. The van der Waals surface area contributed by atoms with Crippen molar-refractivity contribution in [1.82, 2.24) is 19.9 Å². The van der Waals surface area contributed by atoms with Crippen molar-refractivity contribution in [3.05, 3.63) is 72.9 Å². The molecule has 1 fully saturated rings. The highest BCUT2D eigenvalue weighted by Crippen LogP contribution is 2.23. The molecule has 2 heterocycles. The van der Waals surface area contributed by atoms with Gasteiger partial charge in [-0.25, -0.2) is 9.97 Å². The third kappa shape index (κ3) is 7.39. The van der Waals surface area contributed by atoms with Gasteiger partial charge < -0.3 is 20.7 Å². The summed E-state index contributed by atoms with van der Waals surface area (Å²) in [5.74, 6) is -1.29. The molecule has 1 atom stereocenters. The number of benzene rings is 1. The maximum Gasteiger partial charge on any atom is 0.573 e. The average molecular weight is 488 g/mol. The van der Waals surface area contributed by atoms with Gasteiger partial charge in [0.15, 0.2) is 5.82 Å². The molecule has 3 N–H and O–H groups in total. The van der Waals surface area contributed by atoms with Crippen LogP contribution in [0.5, 0.6) is 0 Å². The Morgan fingerprint density at radius 2 is 2.00 bits per heavy atom. The number of primary amides is 1. The van der Waals surface area contributed by atoms with Crippen LogP contribution in [0, 0.1) is 5.92 Å². The van der Waals surface area contributed by atoms with Crippen molar-refractivity contribution < 1.29 is 27.5 Å². The highest BCUT2D eigenvalue weighted by atomic mass is 19.4. The fraction of sp³-hybridized carbons (Fsp3) is 0.261. The summed E-state index contributed by atoms with van der Waals surface area (Å²) in [5.41, 5.74) is 6.52. The molecule has 1 saturated heterocycles. The highest BCUT2D eigenvalue weighted by Gasteiger charge is 2.31. The van der Waals surface area contributed by atoms with Crippen LogP contribution in [-0.4, -0.2) is 51.1 Å². The second-order valence-electron chi connectivity index (χ2n) is 7.70. The average Bonchev–Trinajstić information content (AvgIpc) is 2.81. The zero-order valence-corrected chi connectivity index (χ0v) is 18.6. The fourth-order valence-corrected chi connectivity index (χ4v) is 3.42. The van der Waals surface area contributed by atoms with E-state index < -0.39 is 18.0 Å². The number of piperidine rings is 1. The Labute approximate surface area is 199 Å². The molecule has 1 aromatic heterocycles. The van der Waals surface area contributed by atoms with Crippen LogP contribution >= 0.6 is 0 Å². The summed E-state index contributed by atoms with van der Waals surface area (Å²) >= 11 is 0. The number of allylic oxidation sites excluding steroid dienone is 2. The molecular formula is C23H23F3N6O3. The number of hydrogen-bond acceptors (Lipinski definition) is 7. The molecule has 12 heteroatoms. The number of carbonyl (C=O) groups is 2. The first kappa shape index (κ1) is 25.4. The Balaban J connectivity index is 1.70. The third-order valence-corrected chi connectivity index (χ3v) is 5.04. The molecule has 1 unspecified atom stereocenters. The van der Waals surface area contributed by atoms with Gasteiger partial charge in [-0.05, 0) is 37.1 Å². The van der Waals surface area contributed by atoms with Gasteiger partial charge in [-0.1, -0.05) is 25.3 Å². The molecule has 0 bridgehead atoms. The van der Waals surface area contributed by atoms with Crippen LogP contribution in [0.1, 0.15) is 23.2 Å². The summed E-state index contributed by atoms with van der Waals surface area (Å²) in [6, 6.07) is 6.68. The lowest BCUT2D eigenvalue weighted by atomic mass is 9.96. The summed E-state index contributed by atoms with van der Waals surface area (Å²) in [6.07, 6.45) is -0.0475. The summed E-state index contributed by atoms with van der Waals surface area (Å²) in [6.45, 7) is 7.62. The summed E-state index contributed by atoms with van der Waals surface area (Å²) in [4.78, 5) is 38.5. The van der Waals surface area contributed by atoms with Crippen LogP contribution < -0.4 is 11.1 Å². The number of aromatic nitrogens is 3. The maximum atomic E-state index is 13.0. The minimum Gasteiger partial charge on any atom is -0.406 e. The van der Waals surface area contributed by atoms with Crippen LogP contribution in [0.2, 0.25) is 0 Å². The summed E-state index contributed by atoms with van der Waals surface area (Å²) in [7, 11) is 0. The van der Waals surface area contributed by atoms with E-state index in [0.717, 1.165) is 6.08 Å². The van der Waals surface area contributed by atoms with Gasteiger partial charge in [0.25, 0.3) is 5.91 Å². The standard InChI is InChI=1S/C23H23F3N6O3/c1-14(8-9-15(2)35-23(24,25)26)30-22-29-13-28-20(31-22)16-5-3-6-17(11-16)21(34)32-10-4-7-18(12-32)19(27)33/h3,5-6,8-9,11,13,18H,1-2,4,7,10,12H2,(H2,27,33)(H,28,29,30,31)/b9-8-. The number of hydrogen-bond donors (Lipinski definition) is 2. The van der Waals surface area contributed by atoms with Crippen LogP contribution in [0.3, 0.4) is 0 Å². The summed E-state index contributed by atoms with van der Waals surface area (Å²) in [5, 5.41) is 2.73. The van der Waals surface area contributed by atoms with Crippen molar-refractivity contribution in [2.24, 2.45) is 11.7 Å². The molecule has 0 radical (unpaired) electrons. The van der Waals surface area contributed by atoms with Gasteiger partial charge in [0.1, 0.15) is 12.1 Å². The van der Waals surface area contributed by atoms with E-state index >= 15 is 0 Å². The lowest BCUT2D eigenvalue weighted by molar-refractivity contribution is -0.303. The van der Waals surface area contributed by atoms with Gasteiger partial charge in [0, 0.05) is 29.9 Å². The molecule has 2 amide bonds. The normalized spacial score (nSPS) is 16.1. The molecule has 9 nitrogen and oxygen atoms in total. The monoisotopic (exact) mass is 488 g/mol. The second-order valence-corrected chi connectivity index (χ2v) is 7.70. The van der Waals surface area contributed by atoms with Gasteiger partial charge in [-0.3, -0.25) is 9.59 Å². The Hall–Kier alpha value is -4.22. The molecule has 3 rings (SSSR count). The minimum atomic E-state index is -4.84. The predicted octanol–water partition coefficient (Wildman–Crippen LogP) is 3.41. The maximum absolute atomic E-state index is 13.0. The highest BCUT2D eigenvalue weighted by molar-refractivity contribution is 5.95. The van der Waals surface area contributed by atoms with E-state index in [9.17, 15) is 22.8 Å². The first-order chi connectivity index (χ1) is 16.5. The number of alkyl halides is 3. The topological polar surface area (TPSA) is 123 Å². The van der Waals surface area contributed by atoms with Crippen LogP contribution in [-0.2, 0) is 9.53 Å². The Kier molecular flexibility index (Phi) is 7.84.